The van der Waals surface area contributed by atoms with Crippen molar-refractivity contribution in [2.75, 3.05) is 23.3 Å². The quantitative estimate of drug-likeness (QED) is 0.589. The van der Waals surface area contributed by atoms with E-state index in [-0.39, 0.29) is 17.7 Å². The first-order valence-electron chi connectivity index (χ1n) is 11.0. The fraction of sp³-hybridized carbons (Fsp3) is 0.522. The Morgan fingerprint density at radius 1 is 1.13 bits per heavy atom. The van der Waals surface area contributed by atoms with E-state index in [1.54, 1.807) is 12.5 Å². The van der Waals surface area contributed by atoms with Crippen molar-refractivity contribution in [3.05, 3.63) is 42.5 Å². The van der Waals surface area contributed by atoms with Gasteiger partial charge < -0.3 is 20.5 Å². The first kappa shape index (κ1) is 21.9. The molecule has 3 N–H and O–H groups in total. The summed E-state index contributed by atoms with van der Waals surface area (Å²) in [6.07, 6.45) is 8.79. The monoisotopic (exact) mass is 411 g/mol. The van der Waals surface area contributed by atoms with Crippen molar-refractivity contribution in [3.63, 3.8) is 0 Å². The Balaban J connectivity index is 1.67. The van der Waals surface area contributed by atoms with Crippen LogP contribution in [0.2, 0.25) is 0 Å². The summed E-state index contributed by atoms with van der Waals surface area (Å²) in [4.78, 5) is 35.1. The highest BCUT2D eigenvalue weighted by Crippen LogP contribution is 2.24. The van der Waals surface area contributed by atoms with Gasteiger partial charge in [0.2, 0.25) is 11.8 Å². The molecule has 3 rings (SSSR count). The standard InChI is InChI=1S/C23H33N5O2/c1-3-28(4-2)20-12-10-18(11-13-20)26-23(30)21(14-19-15-24-16-25-19)27-22(29)17-8-6-5-7-9-17/h10-13,15-17,21H,3-9,14H2,1-2H3,(H,24,25)(H,26,30)(H,27,29). The Labute approximate surface area is 178 Å². The number of benzene rings is 1. The van der Waals surface area contributed by atoms with Crippen LogP contribution in [0.3, 0.4) is 0 Å². The van der Waals surface area contributed by atoms with Gasteiger partial charge in [-0.3, -0.25) is 9.59 Å². The number of amides is 2. The second kappa shape index (κ2) is 10.8. The van der Waals surface area contributed by atoms with Crippen LogP contribution in [0, 0.1) is 5.92 Å². The summed E-state index contributed by atoms with van der Waals surface area (Å²) in [7, 11) is 0. The van der Waals surface area contributed by atoms with Gasteiger partial charge in [0, 0.05) is 48.7 Å². The van der Waals surface area contributed by atoms with E-state index in [0.717, 1.165) is 55.8 Å². The number of rotatable bonds is 9. The van der Waals surface area contributed by atoms with E-state index >= 15 is 0 Å². The highest BCUT2D eigenvalue weighted by atomic mass is 16.2. The van der Waals surface area contributed by atoms with Crippen molar-refractivity contribution in [2.45, 2.75) is 58.4 Å². The van der Waals surface area contributed by atoms with E-state index in [1.165, 1.54) is 6.42 Å². The van der Waals surface area contributed by atoms with Gasteiger partial charge in [0.15, 0.2) is 0 Å². The molecular formula is C23H33N5O2. The van der Waals surface area contributed by atoms with Crippen LogP contribution >= 0.6 is 0 Å². The minimum Gasteiger partial charge on any atom is -0.372 e. The molecule has 1 aliphatic carbocycles. The molecule has 1 fully saturated rings. The van der Waals surface area contributed by atoms with Crippen LogP contribution in [0.4, 0.5) is 11.4 Å². The molecule has 0 spiro atoms. The second-order valence-electron chi connectivity index (χ2n) is 7.89. The molecule has 0 aliphatic heterocycles. The Kier molecular flexibility index (Phi) is 7.88. The summed E-state index contributed by atoms with van der Waals surface area (Å²) in [5, 5.41) is 5.94. The highest BCUT2D eigenvalue weighted by Gasteiger charge is 2.27. The maximum atomic E-state index is 13.0. The van der Waals surface area contributed by atoms with Crippen LogP contribution in [-0.2, 0) is 16.0 Å². The summed E-state index contributed by atoms with van der Waals surface area (Å²) < 4.78 is 0. The molecule has 1 aliphatic rings. The number of nitrogens with one attached hydrogen (secondary N) is 3. The topological polar surface area (TPSA) is 90.1 Å². The first-order valence-corrected chi connectivity index (χ1v) is 11.0. The van der Waals surface area contributed by atoms with E-state index in [0.29, 0.717) is 6.42 Å². The van der Waals surface area contributed by atoms with Crippen LogP contribution < -0.4 is 15.5 Å². The number of anilines is 2. The fourth-order valence-electron chi connectivity index (χ4n) is 4.05. The molecule has 1 heterocycles. The molecule has 1 unspecified atom stereocenters. The van der Waals surface area contributed by atoms with Crippen molar-refractivity contribution in [1.82, 2.24) is 15.3 Å². The Bertz CT molecular complexity index is 794. The number of hydrogen-bond acceptors (Lipinski definition) is 4. The number of hydrogen-bond donors (Lipinski definition) is 3. The molecule has 7 heteroatoms. The average molecular weight is 412 g/mol. The number of imidazole rings is 1. The maximum absolute atomic E-state index is 13.0. The van der Waals surface area contributed by atoms with E-state index in [9.17, 15) is 9.59 Å². The van der Waals surface area contributed by atoms with Crippen molar-refractivity contribution in [3.8, 4) is 0 Å². The first-order chi connectivity index (χ1) is 14.6. The number of H-pyrrole nitrogens is 1. The van der Waals surface area contributed by atoms with Gasteiger partial charge >= 0.3 is 0 Å². The Morgan fingerprint density at radius 3 is 2.43 bits per heavy atom. The smallest absolute Gasteiger partial charge is 0.247 e. The summed E-state index contributed by atoms with van der Waals surface area (Å²) >= 11 is 0. The SMILES string of the molecule is CCN(CC)c1ccc(NC(=O)C(Cc2cnc[nH]2)NC(=O)C2CCCCC2)cc1. The van der Waals surface area contributed by atoms with E-state index < -0.39 is 6.04 Å². The minimum absolute atomic E-state index is 0.00386. The molecule has 1 atom stereocenters. The van der Waals surface area contributed by atoms with Crippen molar-refractivity contribution < 1.29 is 9.59 Å². The van der Waals surface area contributed by atoms with Gasteiger partial charge in [-0.2, -0.15) is 0 Å². The fourth-order valence-corrected chi connectivity index (χ4v) is 4.05. The zero-order valence-corrected chi connectivity index (χ0v) is 18.0. The summed E-state index contributed by atoms with van der Waals surface area (Å²) in [6.45, 7) is 6.10. The lowest BCUT2D eigenvalue weighted by molar-refractivity contribution is -0.130. The van der Waals surface area contributed by atoms with E-state index in [2.05, 4.69) is 39.3 Å². The largest absolute Gasteiger partial charge is 0.372 e. The van der Waals surface area contributed by atoms with Crippen molar-refractivity contribution in [1.29, 1.82) is 0 Å². The number of nitrogens with zero attached hydrogens (tertiary/aromatic N) is 2. The molecule has 0 saturated heterocycles. The Hall–Kier alpha value is -2.83. The molecule has 1 aromatic carbocycles. The van der Waals surface area contributed by atoms with Gasteiger partial charge in [0.05, 0.1) is 6.33 Å². The average Bonchev–Trinajstić information content (AvgIpc) is 3.29. The lowest BCUT2D eigenvalue weighted by Gasteiger charge is -2.24. The lowest BCUT2D eigenvalue weighted by atomic mass is 9.88. The third-order valence-corrected chi connectivity index (χ3v) is 5.85. The summed E-state index contributed by atoms with van der Waals surface area (Å²) in [6, 6.07) is 7.17. The van der Waals surface area contributed by atoms with Gasteiger partial charge in [0.1, 0.15) is 6.04 Å². The Morgan fingerprint density at radius 2 is 1.83 bits per heavy atom. The third-order valence-electron chi connectivity index (χ3n) is 5.85. The number of carbonyl (C=O) groups excluding carboxylic acids is 2. The minimum atomic E-state index is -0.651. The van der Waals surface area contributed by atoms with Gasteiger partial charge in [-0.25, -0.2) is 4.98 Å². The van der Waals surface area contributed by atoms with Gasteiger partial charge in [-0.1, -0.05) is 19.3 Å². The van der Waals surface area contributed by atoms with Crippen molar-refractivity contribution >= 4 is 23.2 Å². The van der Waals surface area contributed by atoms with Gasteiger partial charge in [-0.05, 0) is 51.0 Å². The molecule has 7 nitrogen and oxygen atoms in total. The number of aromatic amines is 1. The number of aromatic nitrogens is 2. The lowest BCUT2D eigenvalue weighted by Crippen LogP contribution is -2.47. The highest BCUT2D eigenvalue weighted by molar-refractivity contribution is 5.97. The zero-order chi connectivity index (χ0) is 21.3. The van der Waals surface area contributed by atoms with Crippen LogP contribution in [0.25, 0.3) is 0 Å². The summed E-state index contributed by atoms with van der Waals surface area (Å²) in [5.41, 5.74) is 2.66. The van der Waals surface area contributed by atoms with Crippen LogP contribution in [0.5, 0.6) is 0 Å². The normalized spacial score (nSPS) is 15.4. The summed E-state index contributed by atoms with van der Waals surface area (Å²) in [5.74, 6) is -0.236. The predicted molar refractivity (Wildman–Crippen MR) is 119 cm³/mol. The number of carbonyl (C=O) groups is 2. The van der Waals surface area contributed by atoms with E-state index in [1.807, 2.05) is 24.3 Å². The zero-order valence-electron chi connectivity index (χ0n) is 18.0. The van der Waals surface area contributed by atoms with Gasteiger partial charge in [0.25, 0.3) is 0 Å². The van der Waals surface area contributed by atoms with Crippen LogP contribution in [0.15, 0.2) is 36.8 Å². The maximum Gasteiger partial charge on any atom is 0.247 e. The molecule has 1 saturated carbocycles. The molecule has 2 amide bonds. The van der Waals surface area contributed by atoms with Crippen LogP contribution in [-0.4, -0.2) is 40.9 Å². The second-order valence-corrected chi connectivity index (χ2v) is 7.89. The molecule has 2 aromatic rings. The molecule has 162 valence electrons. The molecule has 0 radical (unpaired) electrons. The van der Waals surface area contributed by atoms with E-state index in [4.69, 9.17) is 0 Å². The molecule has 30 heavy (non-hydrogen) atoms. The molecule has 1 aromatic heterocycles. The van der Waals surface area contributed by atoms with Crippen LogP contribution in [0.1, 0.15) is 51.6 Å². The van der Waals surface area contributed by atoms with Gasteiger partial charge in [-0.15, -0.1) is 0 Å². The van der Waals surface area contributed by atoms with Crippen molar-refractivity contribution in [2.24, 2.45) is 5.92 Å². The molecular weight excluding hydrogens is 378 g/mol. The predicted octanol–water partition coefficient (Wildman–Crippen LogP) is 3.50. The molecule has 0 bridgehead atoms. The third kappa shape index (κ3) is 5.84.